The van der Waals surface area contributed by atoms with Gasteiger partial charge < -0.3 is 20.1 Å². The van der Waals surface area contributed by atoms with Crippen LogP contribution in [0.4, 0.5) is 0 Å². The molecule has 1 aromatic heterocycles. The van der Waals surface area contributed by atoms with Crippen molar-refractivity contribution in [3.05, 3.63) is 87.4 Å². The SMILES string of the molecule is CCCCCNC(=S)N(Cc1cccc(Cl)c1Cl)C[C@H](CC)NC(=O)Cc1cncn1Cc1ccc(C#N)cc1. The zero-order chi connectivity index (χ0) is 28.9. The quantitative estimate of drug-likeness (QED) is 0.172. The molecule has 0 saturated carbocycles. The standard InChI is InChI=1S/C30H36Cl2N6OS/c1-3-5-6-14-35-30(40)37(19-24-8-7-9-27(31)29(24)32)20-25(4-2)36-28(39)15-26-17-34-21-38(26)18-23-12-10-22(16-33)11-13-23/h7-13,17,21,25H,3-6,14-15,18-20H2,1-2H3,(H,35,40)(H,36,39)/t25-/m0/s1. The molecule has 3 rings (SSSR count). The van der Waals surface area contributed by atoms with Crippen molar-refractivity contribution >= 4 is 46.4 Å². The van der Waals surface area contributed by atoms with E-state index in [1.807, 2.05) is 40.7 Å². The van der Waals surface area contributed by atoms with Crippen molar-refractivity contribution in [2.75, 3.05) is 13.1 Å². The number of rotatable bonds is 14. The van der Waals surface area contributed by atoms with Crippen molar-refractivity contribution in [2.24, 2.45) is 0 Å². The number of nitrogens with one attached hydrogen (secondary N) is 2. The van der Waals surface area contributed by atoms with Crippen molar-refractivity contribution in [2.45, 2.75) is 65.1 Å². The van der Waals surface area contributed by atoms with Gasteiger partial charge in [-0.25, -0.2) is 4.98 Å². The highest BCUT2D eigenvalue weighted by atomic mass is 35.5. The molecule has 0 unspecified atom stereocenters. The van der Waals surface area contributed by atoms with Gasteiger partial charge in [-0.05, 0) is 54.4 Å². The third-order valence-electron chi connectivity index (χ3n) is 6.61. The molecule has 10 heteroatoms. The fourth-order valence-corrected chi connectivity index (χ4v) is 4.90. The molecule has 0 aliphatic rings. The average Bonchev–Trinajstić information content (AvgIpc) is 3.38. The van der Waals surface area contributed by atoms with Crippen LogP contribution in [0.1, 0.15) is 61.9 Å². The molecule has 0 spiro atoms. The van der Waals surface area contributed by atoms with E-state index in [4.69, 9.17) is 40.7 Å². The van der Waals surface area contributed by atoms with Crippen LogP contribution in [0.25, 0.3) is 0 Å². The Morgan fingerprint density at radius 1 is 1.18 bits per heavy atom. The Hall–Kier alpha value is -3.12. The van der Waals surface area contributed by atoms with Gasteiger partial charge in [-0.3, -0.25) is 4.79 Å². The first kappa shape index (κ1) is 31.4. The van der Waals surface area contributed by atoms with Crippen LogP contribution in [0.5, 0.6) is 0 Å². The number of halogens is 2. The van der Waals surface area contributed by atoms with E-state index >= 15 is 0 Å². The molecule has 0 fully saturated rings. The topological polar surface area (TPSA) is 86.0 Å². The minimum Gasteiger partial charge on any atom is -0.363 e. The molecule has 0 radical (unpaired) electrons. The van der Waals surface area contributed by atoms with E-state index in [0.29, 0.717) is 40.4 Å². The number of carbonyl (C=O) groups is 1. The Morgan fingerprint density at radius 2 is 1.95 bits per heavy atom. The largest absolute Gasteiger partial charge is 0.363 e. The van der Waals surface area contributed by atoms with E-state index in [2.05, 4.69) is 28.6 Å². The van der Waals surface area contributed by atoms with E-state index in [1.54, 1.807) is 30.7 Å². The van der Waals surface area contributed by atoms with E-state index in [1.165, 1.54) is 0 Å². The molecule has 1 atom stereocenters. The van der Waals surface area contributed by atoms with E-state index in [0.717, 1.165) is 49.0 Å². The zero-order valence-electron chi connectivity index (χ0n) is 23.0. The molecule has 40 heavy (non-hydrogen) atoms. The van der Waals surface area contributed by atoms with Gasteiger partial charge in [-0.2, -0.15) is 5.26 Å². The van der Waals surface area contributed by atoms with E-state index < -0.39 is 0 Å². The number of nitrogens with zero attached hydrogens (tertiary/aromatic N) is 4. The molecule has 1 heterocycles. The fourth-order valence-electron chi connectivity index (χ4n) is 4.28. The van der Waals surface area contributed by atoms with Crippen LogP contribution < -0.4 is 10.6 Å². The second-order valence-corrected chi connectivity index (χ2v) is 10.9. The van der Waals surface area contributed by atoms with Gasteiger partial charge in [-0.1, -0.05) is 74.2 Å². The van der Waals surface area contributed by atoms with Crippen LogP contribution >= 0.6 is 35.4 Å². The second-order valence-electron chi connectivity index (χ2n) is 9.70. The van der Waals surface area contributed by atoms with Gasteiger partial charge in [0.25, 0.3) is 0 Å². The maximum absolute atomic E-state index is 13.1. The zero-order valence-corrected chi connectivity index (χ0v) is 25.3. The third kappa shape index (κ3) is 9.51. The third-order valence-corrected chi connectivity index (χ3v) is 7.87. The molecule has 1 amide bonds. The summed E-state index contributed by atoms with van der Waals surface area (Å²) < 4.78 is 1.95. The number of hydrogen-bond donors (Lipinski definition) is 2. The summed E-state index contributed by atoms with van der Waals surface area (Å²) in [6, 6.07) is 15.0. The lowest BCUT2D eigenvalue weighted by Gasteiger charge is -2.30. The summed E-state index contributed by atoms with van der Waals surface area (Å²) in [5.41, 5.74) is 3.33. The van der Waals surface area contributed by atoms with Crippen LogP contribution in [0.3, 0.4) is 0 Å². The second kappa shape index (κ2) is 16.2. The molecule has 3 aromatic rings. The number of unbranched alkanes of at least 4 members (excludes halogenated alkanes) is 2. The van der Waals surface area contributed by atoms with Gasteiger partial charge in [0, 0.05) is 44.1 Å². The summed E-state index contributed by atoms with van der Waals surface area (Å²) in [4.78, 5) is 19.4. The molecule has 2 N–H and O–H groups in total. The predicted octanol–water partition coefficient (Wildman–Crippen LogP) is 6.11. The van der Waals surface area contributed by atoms with Crippen LogP contribution in [0.15, 0.2) is 55.0 Å². The van der Waals surface area contributed by atoms with Gasteiger partial charge in [0.05, 0.1) is 34.4 Å². The first-order valence-electron chi connectivity index (χ1n) is 13.6. The first-order chi connectivity index (χ1) is 19.3. The summed E-state index contributed by atoms with van der Waals surface area (Å²) in [5, 5.41) is 17.2. The lowest BCUT2D eigenvalue weighted by atomic mass is 10.1. The van der Waals surface area contributed by atoms with Gasteiger partial charge in [0.15, 0.2) is 5.11 Å². The summed E-state index contributed by atoms with van der Waals surface area (Å²) in [7, 11) is 0. The highest BCUT2D eigenvalue weighted by Gasteiger charge is 2.20. The number of nitriles is 1. The molecular weight excluding hydrogens is 563 g/mol. The minimum atomic E-state index is -0.129. The lowest BCUT2D eigenvalue weighted by molar-refractivity contribution is -0.121. The van der Waals surface area contributed by atoms with E-state index in [-0.39, 0.29) is 18.4 Å². The Balaban J connectivity index is 1.66. The molecule has 0 bridgehead atoms. The number of aromatic nitrogens is 2. The maximum atomic E-state index is 13.1. The molecule has 7 nitrogen and oxygen atoms in total. The number of imidazole rings is 1. The van der Waals surface area contributed by atoms with Gasteiger partial charge in [-0.15, -0.1) is 0 Å². The minimum absolute atomic E-state index is 0.0870. The highest BCUT2D eigenvalue weighted by Crippen LogP contribution is 2.26. The Kier molecular flexibility index (Phi) is 12.7. The van der Waals surface area contributed by atoms with Crippen LogP contribution in [0, 0.1) is 11.3 Å². The first-order valence-corrected chi connectivity index (χ1v) is 14.7. The van der Waals surface area contributed by atoms with Crippen molar-refractivity contribution in [3.63, 3.8) is 0 Å². The van der Waals surface area contributed by atoms with Crippen LogP contribution in [-0.2, 0) is 24.3 Å². The monoisotopic (exact) mass is 598 g/mol. The number of benzene rings is 2. The smallest absolute Gasteiger partial charge is 0.226 e. The Labute approximate surface area is 252 Å². The molecule has 0 aliphatic carbocycles. The summed E-state index contributed by atoms with van der Waals surface area (Å²) in [6.45, 7) is 6.57. The molecule has 2 aromatic carbocycles. The fraction of sp³-hybridized carbons (Fsp3) is 0.400. The van der Waals surface area contributed by atoms with Gasteiger partial charge >= 0.3 is 0 Å². The van der Waals surface area contributed by atoms with Crippen molar-refractivity contribution in [1.82, 2.24) is 25.1 Å². The highest BCUT2D eigenvalue weighted by molar-refractivity contribution is 7.80. The summed E-state index contributed by atoms with van der Waals surface area (Å²) in [6.07, 6.45) is 7.66. The summed E-state index contributed by atoms with van der Waals surface area (Å²) >= 11 is 18.5. The normalized spacial score (nSPS) is 11.5. The number of thiocarbonyl (C=S) groups is 1. The Morgan fingerprint density at radius 3 is 2.65 bits per heavy atom. The molecule has 0 saturated heterocycles. The Bertz CT molecular complexity index is 1300. The molecular formula is C30H36Cl2N6OS. The lowest BCUT2D eigenvalue weighted by Crippen LogP contribution is -2.48. The van der Waals surface area contributed by atoms with Crippen molar-refractivity contribution in [3.8, 4) is 6.07 Å². The molecule has 212 valence electrons. The van der Waals surface area contributed by atoms with Gasteiger partial charge in [0.1, 0.15) is 0 Å². The molecule has 0 aliphatic heterocycles. The van der Waals surface area contributed by atoms with Crippen molar-refractivity contribution in [1.29, 1.82) is 5.26 Å². The van der Waals surface area contributed by atoms with Gasteiger partial charge in [0.2, 0.25) is 5.91 Å². The van der Waals surface area contributed by atoms with Crippen molar-refractivity contribution < 1.29 is 4.79 Å². The number of carbonyl (C=O) groups excluding carboxylic acids is 1. The van der Waals surface area contributed by atoms with Crippen LogP contribution in [0.2, 0.25) is 10.0 Å². The van der Waals surface area contributed by atoms with E-state index in [9.17, 15) is 4.79 Å². The summed E-state index contributed by atoms with van der Waals surface area (Å²) in [5.74, 6) is -0.0870. The average molecular weight is 600 g/mol. The number of hydrogen-bond acceptors (Lipinski definition) is 4. The van der Waals surface area contributed by atoms with Crippen LogP contribution in [-0.4, -0.2) is 44.6 Å². The predicted molar refractivity (Wildman–Crippen MR) is 165 cm³/mol. The number of amides is 1. The maximum Gasteiger partial charge on any atom is 0.226 e.